The molecule has 9 aromatic rings. The molecule has 0 amide bonds. The van der Waals surface area contributed by atoms with Gasteiger partial charge in [-0.25, -0.2) is 0 Å². The maximum atomic E-state index is 6.46. The van der Waals surface area contributed by atoms with Crippen molar-refractivity contribution in [2.24, 2.45) is 0 Å². The molecule has 2 aliphatic heterocycles. The molecule has 218 valence electrons. The molecule has 11 rings (SSSR count). The number of hydrogen-bond acceptors (Lipinski definition) is 2. The van der Waals surface area contributed by atoms with Gasteiger partial charge >= 0.3 is 7.12 Å². The maximum absolute atomic E-state index is 6.46. The van der Waals surface area contributed by atoms with E-state index in [2.05, 4.69) is 137 Å². The standard InChI is InChI=1S/C42H25BN2O2/c1-2-12-26(13-3-1)44-36-18-8-4-14-28(36)32-25-39-33(24-38(32)44)29-15-5-9-19-37(29)45(39)27-22-34-30-16-6-10-20-40(30)46-43-42(34)35(23-27)31-17-7-11-21-41(31)47-43/h1-25H. The predicted molar refractivity (Wildman–Crippen MR) is 193 cm³/mol. The van der Waals surface area contributed by atoms with Crippen LogP contribution < -0.4 is 14.8 Å². The lowest BCUT2D eigenvalue weighted by atomic mass is 9.66. The average molecular weight is 600 g/mol. The molecule has 2 aliphatic rings. The van der Waals surface area contributed by atoms with Crippen LogP contribution in [-0.4, -0.2) is 16.3 Å². The Morgan fingerprint density at radius 2 is 0.830 bits per heavy atom. The van der Waals surface area contributed by atoms with Crippen LogP contribution in [0.25, 0.3) is 77.2 Å². The van der Waals surface area contributed by atoms with Crippen LogP contribution in [0.2, 0.25) is 0 Å². The summed E-state index contributed by atoms with van der Waals surface area (Å²) in [6, 6.07) is 54.2. The molecular formula is C42H25BN2O2. The highest BCUT2D eigenvalue weighted by molar-refractivity contribution is 6.68. The highest BCUT2D eigenvalue weighted by Gasteiger charge is 2.41. The lowest BCUT2D eigenvalue weighted by Crippen LogP contribution is -2.49. The monoisotopic (exact) mass is 600 g/mol. The van der Waals surface area contributed by atoms with Crippen LogP contribution in [0.15, 0.2) is 152 Å². The summed E-state index contributed by atoms with van der Waals surface area (Å²) >= 11 is 0. The molecule has 2 aromatic heterocycles. The second-order valence-corrected chi connectivity index (χ2v) is 12.4. The number of benzene rings is 7. The molecule has 4 nitrogen and oxygen atoms in total. The summed E-state index contributed by atoms with van der Waals surface area (Å²) < 4.78 is 17.8. The van der Waals surface area contributed by atoms with Crippen molar-refractivity contribution >= 4 is 56.2 Å². The van der Waals surface area contributed by atoms with Crippen molar-refractivity contribution in [3.8, 4) is 45.1 Å². The number of para-hydroxylation sites is 5. The van der Waals surface area contributed by atoms with Gasteiger partial charge in [0.1, 0.15) is 11.5 Å². The van der Waals surface area contributed by atoms with E-state index in [0.29, 0.717) is 0 Å². The Hall–Kier alpha value is -6.20. The Bertz CT molecular complexity index is 2690. The summed E-state index contributed by atoms with van der Waals surface area (Å²) in [5, 5.41) is 4.93. The third kappa shape index (κ3) is 3.38. The lowest BCUT2D eigenvalue weighted by molar-refractivity contribution is 0.436. The molecule has 7 aromatic carbocycles. The second kappa shape index (κ2) is 9.18. The zero-order valence-electron chi connectivity index (χ0n) is 25.2. The van der Waals surface area contributed by atoms with Crippen LogP contribution in [0.1, 0.15) is 0 Å². The molecule has 0 radical (unpaired) electrons. The molecule has 4 heterocycles. The highest BCUT2D eigenvalue weighted by Crippen LogP contribution is 2.45. The number of rotatable bonds is 2. The minimum Gasteiger partial charge on any atom is -0.521 e. The lowest BCUT2D eigenvalue weighted by Gasteiger charge is -2.32. The molecule has 0 atom stereocenters. The van der Waals surface area contributed by atoms with E-state index in [9.17, 15) is 0 Å². The fourth-order valence-electron chi connectivity index (χ4n) is 7.99. The van der Waals surface area contributed by atoms with Gasteiger partial charge in [0.2, 0.25) is 0 Å². The van der Waals surface area contributed by atoms with E-state index in [1.54, 1.807) is 0 Å². The number of aromatic nitrogens is 2. The van der Waals surface area contributed by atoms with Crippen molar-refractivity contribution in [2.45, 2.75) is 0 Å². The van der Waals surface area contributed by atoms with E-state index in [1.165, 1.54) is 43.6 Å². The van der Waals surface area contributed by atoms with Crippen LogP contribution >= 0.6 is 0 Å². The molecule has 0 saturated heterocycles. The molecule has 5 heteroatoms. The molecule has 0 aliphatic carbocycles. The molecule has 0 bridgehead atoms. The van der Waals surface area contributed by atoms with Crippen LogP contribution in [0.3, 0.4) is 0 Å². The molecule has 0 saturated carbocycles. The topological polar surface area (TPSA) is 28.3 Å². The van der Waals surface area contributed by atoms with Gasteiger partial charge in [-0.05, 0) is 71.8 Å². The van der Waals surface area contributed by atoms with Gasteiger partial charge in [0.15, 0.2) is 0 Å². The van der Waals surface area contributed by atoms with Crippen molar-refractivity contribution in [2.75, 3.05) is 0 Å². The van der Waals surface area contributed by atoms with E-state index in [1.807, 2.05) is 24.3 Å². The predicted octanol–water partition coefficient (Wildman–Crippen LogP) is 9.69. The van der Waals surface area contributed by atoms with Crippen LogP contribution in [0.5, 0.6) is 11.5 Å². The van der Waals surface area contributed by atoms with Crippen LogP contribution in [-0.2, 0) is 0 Å². The molecule has 0 unspecified atom stereocenters. The number of hydrogen-bond donors (Lipinski definition) is 0. The fraction of sp³-hybridized carbons (Fsp3) is 0. The molecule has 0 fully saturated rings. The quantitative estimate of drug-likeness (QED) is 0.185. The van der Waals surface area contributed by atoms with Crippen LogP contribution in [0.4, 0.5) is 0 Å². The summed E-state index contributed by atoms with van der Waals surface area (Å²) in [5.74, 6) is 1.68. The molecule has 0 spiro atoms. The zero-order valence-corrected chi connectivity index (χ0v) is 25.2. The van der Waals surface area contributed by atoms with E-state index in [0.717, 1.165) is 50.6 Å². The minimum absolute atomic E-state index is 0.499. The van der Waals surface area contributed by atoms with Gasteiger partial charge in [-0.2, -0.15) is 0 Å². The smallest absolute Gasteiger partial charge is 0.521 e. The third-order valence-electron chi connectivity index (χ3n) is 9.96. The summed E-state index contributed by atoms with van der Waals surface area (Å²) in [4.78, 5) is 0. The molecule has 47 heavy (non-hydrogen) atoms. The first kappa shape index (κ1) is 25.0. The Balaban J connectivity index is 1.27. The SMILES string of the molecule is c1ccc(-n2c3ccccc3c3cc4c(cc32)c2ccccc2n4-c2cc3c4c(c2)-c2ccccc2OB4Oc2ccccc2-3)cc1. The van der Waals surface area contributed by atoms with Gasteiger partial charge in [0.25, 0.3) is 0 Å². The van der Waals surface area contributed by atoms with E-state index >= 15 is 0 Å². The largest absolute Gasteiger partial charge is 0.633 e. The second-order valence-electron chi connectivity index (χ2n) is 12.4. The first-order chi connectivity index (χ1) is 23.3. The van der Waals surface area contributed by atoms with Crippen molar-refractivity contribution in [3.63, 3.8) is 0 Å². The van der Waals surface area contributed by atoms with E-state index in [-0.39, 0.29) is 0 Å². The van der Waals surface area contributed by atoms with Crippen molar-refractivity contribution < 1.29 is 9.31 Å². The van der Waals surface area contributed by atoms with Crippen molar-refractivity contribution in [1.82, 2.24) is 9.13 Å². The minimum atomic E-state index is -0.499. The summed E-state index contributed by atoms with van der Waals surface area (Å²) in [5.41, 5.74) is 12.6. The fourth-order valence-corrected chi connectivity index (χ4v) is 7.99. The van der Waals surface area contributed by atoms with Crippen molar-refractivity contribution in [1.29, 1.82) is 0 Å². The van der Waals surface area contributed by atoms with Gasteiger partial charge in [-0.15, -0.1) is 0 Å². The first-order valence-corrected chi connectivity index (χ1v) is 16.0. The number of nitrogens with zero attached hydrogens (tertiary/aromatic N) is 2. The third-order valence-corrected chi connectivity index (χ3v) is 9.96. The van der Waals surface area contributed by atoms with Gasteiger partial charge in [-0.1, -0.05) is 91.0 Å². The summed E-state index contributed by atoms with van der Waals surface area (Å²) in [6.45, 7) is 0. The summed E-state index contributed by atoms with van der Waals surface area (Å²) in [7, 11) is -0.499. The zero-order chi connectivity index (χ0) is 30.6. The van der Waals surface area contributed by atoms with Gasteiger partial charge in [0.05, 0.1) is 22.1 Å². The Morgan fingerprint density at radius 3 is 1.40 bits per heavy atom. The Morgan fingerprint density at radius 1 is 0.362 bits per heavy atom. The molecule has 0 N–H and O–H groups in total. The number of fused-ring (bicyclic) bond motifs is 10. The van der Waals surface area contributed by atoms with Gasteiger partial charge in [0, 0.05) is 49.5 Å². The van der Waals surface area contributed by atoms with E-state index < -0.39 is 7.12 Å². The highest BCUT2D eigenvalue weighted by atomic mass is 16.6. The average Bonchev–Trinajstić information content (AvgIpc) is 3.63. The Kier molecular flexibility index (Phi) is 4.89. The summed E-state index contributed by atoms with van der Waals surface area (Å²) in [6.07, 6.45) is 0. The maximum Gasteiger partial charge on any atom is 0.633 e. The van der Waals surface area contributed by atoms with Gasteiger partial charge in [-0.3, -0.25) is 0 Å². The van der Waals surface area contributed by atoms with Crippen molar-refractivity contribution in [3.05, 3.63) is 152 Å². The Labute approximate surface area is 270 Å². The molecular weight excluding hydrogens is 575 g/mol. The first-order valence-electron chi connectivity index (χ1n) is 16.0. The van der Waals surface area contributed by atoms with Gasteiger partial charge < -0.3 is 18.4 Å². The normalized spacial score (nSPS) is 13.0. The van der Waals surface area contributed by atoms with E-state index in [4.69, 9.17) is 9.31 Å². The van der Waals surface area contributed by atoms with Crippen LogP contribution in [0, 0.1) is 0 Å².